The van der Waals surface area contributed by atoms with Gasteiger partial charge in [-0.1, -0.05) is 48.5 Å². The van der Waals surface area contributed by atoms with Gasteiger partial charge in [-0.25, -0.2) is 0 Å². The molecule has 44 heavy (non-hydrogen) atoms. The van der Waals surface area contributed by atoms with E-state index in [0.717, 1.165) is 5.56 Å². The number of hydrogen-bond acceptors (Lipinski definition) is 9. The standard InChI is InChI=1S/C35H30O9/c1-39-26-13-12-21(16-28(26)41-3)24-19-43-35-31-23(17-30(37)44-29(31)18-25(36)32(35)33(24)38)22-10-7-11-27(40-2)34(22)42-15-14-20-8-5-4-6-9-20/h4-13,16,18-19,23,36H,14-15,17H2,1-3H3. The molecule has 0 spiro atoms. The zero-order valence-electron chi connectivity index (χ0n) is 24.4. The number of benzene rings is 4. The highest BCUT2D eigenvalue weighted by Crippen LogP contribution is 2.49. The summed E-state index contributed by atoms with van der Waals surface area (Å²) in [6, 6.07) is 21.7. The molecule has 224 valence electrons. The molecule has 1 unspecified atom stereocenters. The Hall–Kier alpha value is -5.44. The number of rotatable bonds is 9. The number of hydrogen-bond donors (Lipinski definition) is 1. The van der Waals surface area contributed by atoms with Crippen molar-refractivity contribution in [2.24, 2.45) is 0 Å². The van der Waals surface area contributed by atoms with Crippen molar-refractivity contribution in [3.05, 3.63) is 106 Å². The maximum Gasteiger partial charge on any atom is 0.312 e. The number of para-hydroxylation sites is 1. The van der Waals surface area contributed by atoms with Crippen molar-refractivity contribution in [1.82, 2.24) is 0 Å². The first-order valence-electron chi connectivity index (χ1n) is 14.0. The van der Waals surface area contributed by atoms with Crippen LogP contribution in [0.15, 0.2) is 88.3 Å². The molecule has 1 aromatic heterocycles. The van der Waals surface area contributed by atoms with Crippen LogP contribution in [-0.2, 0) is 11.2 Å². The van der Waals surface area contributed by atoms with Gasteiger partial charge in [-0.2, -0.15) is 0 Å². The van der Waals surface area contributed by atoms with Crippen molar-refractivity contribution in [2.45, 2.75) is 18.8 Å². The summed E-state index contributed by atoms with van der Waals surface area (Å²) in [6.07, 6.45) is 1.95. The number of carbonyl (C=O) groups is 1. The minimum absolute atomic E-state index is 0.0339. The lowest BCUT2D eigenvalue weighted by Gasteiger charge is -2.28. The summed E-state index contributed by atoms with van der Waals surface area (Å²) in [5.74, 6) is 0.532. The van der Waals surface area contributed by atoms with Gasteiger partial charge in [0.25, 0.3) is 0 Å². The number of phenolic OH excluding ortho intramolecular Hbond substituents is 1. The molecule has 9 heteroatoms. The number of phenols is 1. The molecule has 1 atom stereocenters. The molecular weight excluding hydrogens is 564 g/mol. The van der Waals surface area contributed by atoms with Crippen LogP contribution in [0.4, 0.5) is 0 Å². The normalized spacial score (nSPS) is 14.1. The summed E-state index contributed by atoms with van der Waals surface area (Å²) in [7, 11) is 4.57. The van der Waals surface area contributed by atoms with Crippen LogP contribution in [0, 0.1) is 0 Å². The van der Waals surface area contributed by atoms with E-state index < -0.39 is 17.3 Å². The number of methoxy groups -OCH3 is 3. The SMILES string of the molecule is COc1ccc(-c2coc3c4c(cc(O)c3c2=O)OC(=O)CC4c2cccc(OC)c2OCCc2ccccc2)cc1OC. The van der Waals surface area contributed by atoms with Crippen LogP contribution < -0.4 is 29.1 Å². The van der Waals surface area contributed by atoms with Crippen LogP contribution in [-0.4, -0.2) is 39.0 Å². The fourth-order valence-electron chi connectivity index (χ4n) is 5.64. The molecule has 0 saturated carbocycles. The summed E-state index contributed by atoms with van der Waals surface area (Å²) in [5.41, 5.74) is 2.61. The topological polar surface area (TPSA) is 114 Å². The Morgan fingerprint density at radius 1 is 0.864 bits per heavy atom. The van der Waals surface area contributed by atoms with Crippen molar-refractivity contribution in [3.63, 3.8) is 0 Å². The van der Waals surface area contributed by atoms with Gasteiger partial charge in [-0.05, 0) is 29.3 Å². The summed E-state index contributed by atoms with van der Waals surface area (Å²) < 4.78 is 34.3. The maximum atomic E-state index is 13.9. The van der Waals surface area contributed by atoms with E-state index in [1.165, 1.54) is 26.5 Å². The van der Waals surface area contributed by atoms with Crippen LogP contribution in [0.1, 0.15) is 29.0 Å². The number of fused-ring (bicyclic) bond motifs is 3. The molecule has 0 fully saturated rings. The highest BCUT2D eigenvalue weighted by atomic mass is 16.5. The molecule has 1 aliphatic heterocycles. The van der Waals surface area contributed by atoms with E-state index in [2.05, 4.69) is 0 Å². The lowest BCUT2D eigenvalue weighted by Crippen LogP contribution is -2.22. The summed E-state index contributed by atoms with van der Waals surface area (Å²) >= 11 is 0. The van der Waals surface area contributed by atoms with Gasteiger partial charge in [-0.15, -0.1) is 0 Å². The summed E-state index contributed by atoms with van der Waals surface area (Å²) in [4.78, 5) is 26.7. The van der Waals surface area contributed by atoms with Crippen LogP contribution >= 0.6 is 0 Å². The van der Waals surface area contributed by atoms with E-state index in [1.807, 2.05) is 42.5 Å². The molecule has 0 saturated heterocycles. The molecule has 0 amide bonds. The summed E-state index contributed by atoms with van der Waals surface area (Å²) in [5, 5.41) is 11.0. The Morgan fingerprint density at radius 3 is 2.39 bits per heavy atom. The molecule has 4 aromatic carbocycles. The second-order valence-corrected chi connectivity index (χ2v) is 10.3. The third-order valence-corrected chi connectivity index (χ3v) is 7.75. The molecule has 0 bridgehead atoms. The van der Waals surface area contributed by atoms with E-state index in [1.54, 1.807) is 31.4 Å². The third kappa shape index (κ3) is 5.17. The first-order chi connectivity index (χ1) is 21.4. The van der Waals surface area contributed by atoms with Crippen molar-refractivity contribution in [1.29, 1.82) is 0 Å². The first kappa shape index (κ1) is 28.7. The van der Waals surface area contributed by atoms with Gasteiger partial charge in [0.2, 0.25) is 5.43 Å². The van der Waals surface area contributed by atoms with E-state index in [0.29, 0.717) is 52.7 Å². The Kier molecular flexibility index (Phi) is 7.85. The highest BCUT2D eigenvalue weighted by molar-refractivity contribution is 5.94. The number of esters is 1. The van der Waals surface area contributed by atoms with Gasteiger partial charge in [0.1, 0.15) is 28.7 Å². The average Bonchev–Trinajstić information content (AvgIpc) is 3.04. The first-order valence-corrected chi connectivity index (χ1v) is 14.0. The molecule has 0 aliphatic carbocycles. The molecule has 1 N–H and O–H groups in total. The minimum Gasteiger partial charge on any atom is -0.507 e. The number of carbonyl (C=O) groups excluding carboxylic acids is 1. The van der Waals surface area contributed by atoms with Crippen molar-refractivity contribution < 1.29 is 38.0 Å². The number of aromatic hydroxyl groups is 1. The van der Waals surface area contributed by atoms with Gasteiger partial charge in [0, 0.05) is 29.5 Å². The average molecular weight is 595 g/mol. The van der Waals surface area contributed by atoms with Crippen molar-refractivity contribution in [2.75, 3.05) is 27.9 Å². The fourth-order valence-corrected chi connectivity index (χ4v) is 5.64. The Labute approximate surface area is 253 Å². The quantitative estimate of drug-likeness (QED) is 0.156. The van der Waals surface area contributed by atoms with Gasteiger partial charge < -0.3 is 33.2 Å². The van der Waals surface area contributed by atoms with Gasteiger partial charge in [0.05, 0.1) is 39.9 Å². The molecule has 6 rings (SSSR count). The molecule has 2 heterocycles. The predicted molar refractivity (Wildman–Crippen MR) is 163 cm³/mol. The molecule has 0 radical (unpaired) electrons. The molecule has 5 aromatic rings. The van der Waals surface area contributed by atoms with E-state index in [9.17, 15) is 14.7 Å². The Bertz CT molecular complexity index is 1910. The second-order valence-electron chi connectivity index (χ2n) is 10.3. The lowest BCUT2D eigenvalue weighted by atomic mass is 9.84. The minimum atomic E-state index is -0.619. The number of ether oxygens (including phenoxy) is 5. The zero-order chi connectivity index (χ0) is 30.8. The molecular formula is C35H30O9. The van der Waals surface area contributed by atoms with Crippen LogP contribution in [0.2, 0.25) is 0 Å². The smallest absolute Gasteiger partial charge is 0.312 e. The largest absolute Gasteiger partial charge is 0.507 e. The Morgan fingerprint density at radius 2 is 1.64 bits per heavy atom. The maximum absolute atomic E-state index is 13.9. The van der Waals surface area contributed by atoms with Crippen LogP contribution in [0.25, 0.3) is 22.1 Å². The van der Waals surface area contributed by atoms with Crippen molar-refractivity contribution in [3.8, 4) is 45.6 Å². The second kappa shape index (κ2) is 12.0. The van der Waals surface area contributed by atoms with E-state index >= 15 is 0 Å². The van der Waals surface area contributed by atoms with Crippen LogP contribution in [0.3, 0.4) is 0 Å². The Balaban J connectivity index is 1.47. The van der Waals surface area contributed by atoms with Gasteiger partial charge >= 0.3 is 5.97 Å². The zero-order valence-corrected chi connectivity index (χ0v) is 24.4. The lowest BCUT2D eigenvalue weighted by molar-refractivity contribution is -0.135. The summed E-state index contributed by atoms with van der Waals surface area (Å²) in [6.45, 7) is 0.363. The highest BCUT2D eigenvalue weighted by Gasteiger charge is 2.36. The third-order valence-electron chi connectivity index (χ3n) is 7.75. The van der Waals surface area contributed by atoms with Gasteiger partial charge in [-0.3, -0.25) is 9.59 Å². The van der Waals surface area contributed by atoms with Crippen molar-refractivity contribution >= 4 is 16.9 Å². The van der Waals surface area contributed by atoms with Crippen LogP contribution in [0.5, 0.6) is 34.5 Å². The monoisotopic (exact) mass is 594 g/mol. The predicted octanol–water partition coefficient (Wildman–Crippen LogP) is 6.25. The molecule has 1 aliphatic rings. The fraction of sp³-hybridized carbons (Fsp3) is 0.200. The molecule has 9 nitrogen and oxygen atoms in total. The van der Waals surface area contributed by atoms with E-state index in [-0.39, 0.29) is 34.5 Å². The van der Waals surface area contributed by atoms with Gasteiger partial charge in [0.15, 0.2) is 23.0 Å². The van der Waals surface area contributed by atoms with E-state index in [4.69, 9.17) is 28.1 Å².